The lowest BCUT2D eigenvalue weighted by atomic mass is 10.2. The zero-order valence-electron chi connectivity index (χ0n) is 11.2. The van der Waals surface area contributed by atoms with Gasteiger partial charge in [0.25, 0.3) is 0 Å². The van der Waals surface area contributed by atoms with Gasteiger partial charge >= 0.3 is 0 Å². The summed E-state index contributed by atoms with van der Waals surface area (Å²) in [6.07, 6.45) is 5.81. The number of hydrogen-bond acceptors (Lipinski definition) is 4. The summed E-state index contributed by atoms with van der Waals surface area (Å²) in [7, 11) is -1.54. The molecular formula is C13H17N3O2S2. The van der Waals surface area contributed by atoms with Crippen LogP contribution in [0.15, 0.2) is 27.9 Å². The maximum absolute atomic E-state index is 12.3. The van der Waals surface area contributed by atoms with Crippen molar-refractivity contribution in [2.45, 2.75) is 35.9 Å². The van der Waals surface area contributed by atoms with Gasteiger partial charge in [-0.1, -0.05) is 12.8 Å². The minimum atomic E-state index is -3.39. The normalized spacial score (nSPS) is 16.9. The second-order valence-electron chi connectivity index (χ2n) is 5.10. The van der Waals surface area contributed by atoms with E-state index in [9.17, 15) is 8.42 Å². The Balaban J connectivity index is 1.84. The molecule has 1 N–H and O–H groups in total. The highest BCUT2D eigenvalue weighted by atomic mass is 32.2. The summed E-state index contributed by atoms with van der Waals surface area (Å²) in [4.78, 5) is 0. The Bertz CT molecular complexity index is 697. The summed E-state index contributed by atoms with van der Waals surface area (Å²) in [6.45, 7) is 0. The molecule has 0 radical (unpaired) electrons. The van der Waals surface area contributed by atoms with Crippen LogP contribution in [0.5, 0.6) is 0 Å². The molecule has 0 amide bonds. The van der Waals surface area contributed by atoms with E-state index in [2.05, 4.69) is 9.82 Å². The summed E-state index contributed by atoms with van der Waals surface area (Å²) < 4.78 is 29.6. The molecule has 0 spiro atoms. The summed E-state index contributed by atoms with van der Waals surface area (Å²) in [5, 5.41) is 5.97. The molecule has 7 heteroatoms. The molecule has 0 aromatic carbocycles. The first kappa shape index (κ1) is 13.8. The predicted molar refractivity (Wildman–Crippen MR) is 79.1 cm³/mol. The molecule has 0 unspecified atom stereocenters. The van der Waals surface area contributed by atoms with E-state index in [1.165, 1.54) is 11.3 Å². The van der Waals surface area contributed by atoms with Gasteiger partial charge in [-0.15, -0.1) is 11.3 Å². The molecular weight excluding hydrogens is 294 g/mol. The molecule has 1 saturated carbocycles. The first-order valence-electron chi connectivity index (χ1n) is 6.65. The molecule has 2 aromatic heterocycles. The molecule has 1 fully saturated rings. The Morgan fingerprint density at radius 2 is 2.15 bits per heavy atom. The summed E-state index contributed by atoms with van der Waals surface area (Å²) >= 11 is 1.26. The lowest BCUT2D eigenvalue weighted by Gasteiger charge is -2.10. The van der Waals surface area contributed by atoms with Crippen LogP contribution in [-0.4, -0.2) is 24.2 Å². The van der Waals surface area contributed by atoms with Crippen LogP contribution in [0.1, 0.15) is 25.7 Å². The fourth-order valence-electron chi connectivity index (χ4n) is 2.57. The Hall–Kier alpha value is -1.18. The quantitative estimate of drug-likeness (QED) is 0.943. The number of aryl methyl sites for hydroxylation is 1. The van der Waals surface area contributed by atoms with E-state index in [4.69, 9.17) is 0 Å². The lowest BCUT2D eigenvalue weighted by molar-refractivity contribution is 0.554. The zero-order valence-corrected chi connectivity index (χ0v) is 12.9. The average molecular weight is 311 g/mol. The first-order chi connectivity index (χ1) is 9.56. The van der Waals surface area contributed by atoms with Crippen molar-refractivity contribution < 1.29 is 8.42 Å². The van der Waals surface area contributed by atoms with Gasteiger partial charge in [-0.05, 0) is 25.0 Å². The highest BCUT2D eigenvalue weighted by Crippen LogP contribution is 2.29. The monoisotopic (exact) mass is 311 g/mol. The Labute approximate surface area is 122 Å². The van der Waals surface area contributed by atoms with Crippen LogP contribution in [0.2, 0.25) is 0 Å². The maximum atomic E-state index is 12.3. The number of sulfonamides is 1. The molecule has 0 aliphatic heterocycles. The largest absolute Gasteiger partial charge is 0.268 e. The number of nitrogens with one attached hydrogen (secondary N) is 1. The van der Waals surface area contributed by atoms with E-state index in [0.29, 0.717) is 4.21 Å². The fraction of sp³-hybridized carbons (Fsp3) is 0.462. The van der Waals surface area contributed by atoms with E-state index < -0.39 is 10.0 Å². The number of rotatable bonds is 4. The van der Waals surface area contributed by atoms with Gasteiger partial charge in [0, 0.05) is 30.2 Å². The van der Waals surface area contributed by atoms with Crippen molar-refractivity contribution in [1.29, 1.82) is 0 Å². The van der Waals surface area contributed by atoms with Gasteiger partial charge < -0.3 is 0 Å². The van der Waals surface area contributed by atoms with Crippen molar-refractivity contribution in [3.8, 4) is 11.3 Å². The Morgan fingerprint density at radius 3 is 2.80 bits per heavy atom. The maximum Gasteiger partial charge on any atom is 0.250 e. The van der Waals surface area contributed by atoms with Crippen LogP contribution >= 0.6 is 11.3 Å². The van der Waals surface area contributed by atoms with Crippen molar-refractivity contribution in [1.82, 2.24) is 14.5 Å². The third kappa shape index (κ3) is 2.65. The molecule has 0 saturated heterocycles. The Kier molecular flexibility index (Phi) is 3.66. The molecule has 1 aliphatic carbocycles. The van der Waals surface area contributed by atoms with Crippen LogP contribution in [0.3, 0.4) is 0 Å². The smallest absolute Gasteiger partial charge is 0.250 e. The molecule has 5 nitrogen and oxygen atoms in total. The number of thiophene rings is 1. The highest BCUT2D eigenvalue weighted by molar-refractivity contribution is 7.91. The van der Waals surface area contributed by atoms with Gasteiger partial charge in [-0.3, -0.25) is 4.68 Å². The van der Waals surface area contributed by atoms with Crippen LogP contribution in [0.25, 0.3) is 11.3 Å². The van der Waals surface area contributed by atoms with Gasteiger partial charge in [-0.25, -0.2) is 13.1 Å². The van der Waals surface area contributed by atoms with E-state index >= 15 is 0 Å². The number of nitrogens with zero attached hydrogens (tertiary/aromatic N) is 2. The van der Waals surface area contributed by atoms with Gasteiger partial charge in [0.2, 0.25) is 10.0 Å². The minimum Gasteiger partial charge on any atom is -0.268 e. The van der Waals surface area contributed by atoms with Gasteiger partial charge in [-0.2, -0.15) is 5.10 Å². The molecule has 3 rings (SSSR count). The van der Waals surface area contributed by atoms with Crippen molar-refractivity contribution in [2.24, 2.45) is 7.05 Å². The van der Waals surface area contributed by atoms with Crippen molar-refractivity contribution >= 4 is 21.4 Å². The topological polar surface area (TPSA) is 64.0 Å². The number of aromatic nitrogens is 2. The van der Waals surface area contributed by atoms with Crippen molar-refractivity contribution in [3.63, 3.8) is 0 Å². The molecule has 108 valence electrons. The second kappa shape index (κ2) is 5.31. The standard InChI is InChI=1S/C13H17N3O2S2/c1-16-12(6-7-14-16)10-8-13(19-9-10)20(17,18)15-11-4-2-3-5-11/h6-9,11,15H,2-5H2,1H3. The van der Waals surface area contributed by atoms with Crippen LogP contribution < -0.4 is 4.72 Å². The third-order valence-corrected chi connectivity index (χ3v) is 6.59. The fourth-order valence-corrected chi connectivity index (χ4v) is 5.07. The van der Waals surface area contributed by atoms with Gasteiger partial charge in [0.15, 0.2) is 0 Å². The molecule has 20 heavy (non-hydrogen) atoms. The number of hydrogen-bond donors (Lipinski definition) is 1. The Morgan fingerprint density at radius 1 is 1.40 bits per heavy atom. The minimum absolute atomic E-state index is 0.0993. The third-order valence-electron chi connectivity index (χ3n) is 3.63. The van der Waals surface area contributed by atoms with Gasteiger partial charge in [0.1, 0.15) is 4.21 Å². The first-order valence-corrected chi connectivity index (χ1v) is 9.02. The van der Waals surface area contributed by atoms with Crippen LogP contribution in [-0.2, 0) is 17.1 Å². The van der Waals surface area contributed by atoms with Crippen molar-refractivity contribution in [3.05, 3.63) is 23.7 Å². The SMILES string of the molecule is Cn1nccc1-c1csc(S(=O)(=O)NC2CCCC2)c1. The molecule has 0 atom stereocenters. The van der Waals surface area contributed by atoms with E-state index in [0.717, 1.165) is 36.9 Å². The molecule has 1 aliphatic rings. The molecule has 2 heterocycles. The lowest BCUT2D eigenvalue weighted by Crippen LogP contribution is -2.32. The van der Waals surface area contributed by atoms with Gasteiger partial charge in [0.05, 0.1) is 5.69 Å². The second-order valence-corrected chi connectivity index (χ2v) is 7.95. The summed E-state index contributed by atoms with van der Waals surface area (Å²) in [5.74, 6) is 0. The van der Waals surface area contributed by atoms with Crippen LogP contribution in [0.4, 0.5) is 0 Å². The van der Waals surface area contributed by atoms with E-state index in [-0.39, 0.29) is 6.04 Å². The summed E-state index contributed by atoms with van der Waals surface area (Å²) in [5.41, 5.74) is 1.81. The van der Waals surface area contributed by atoms with Crippen molar-refractivity contribution in [2.75, 3.05) is 0 Å². The summed E-state index contributed by atoms with van der Waals surface area (Å²) in [6, 6.07) is 3.70. The van der Waals surface area contributed by atoms with E-state index in [1.54, 1.807) is 16.9 Å². The highest BCUT2D eigenvalue weighted by Gasteiger charge is 2.24. The van der Waals surface area contributed by atoms with Crippen LogP contribution in [0, 0.1) is 0 Å². The van der Waals surface area contributed by atoms with E-state index in [1.807, 2.05) is 18.5 Å². The zero-order chi connectivity index (χ0) is 14.2. The average Bonchev–Trinajstić information content (AvgIpc) is 3.07. The molecule has 0 bridgehead atoms. The molecule has 2 aromatic rings. The predicted octanol–water partition coefficient (Wildman–Crippen LogP) is 2.37.